The summed E-state index contributed by atoms with van der Waals surface area (Å²) >= 11 is 0. The van der Waals surface area contributed by atoms with E-state index in [4.69, 9.17) is 14.3 Å². The maximum Gasteiger partial charge on any atom is 0.308 e. The fourth-order valence-electron chi connectivity index (χ4n) is 3.96. The smallest absolute Gasteiger partial charge is 0.308 e. The predicted octanol–water partition coefficient (Wildman–Crippen LogP) is 9.26. The summed E-state index contributed by atoms with van der Waals surface area (Å²) < 4.78 is 34.9. The van der Waals surface area contributed by atoms with E-state index in [1.165, 1.54) is 11.1 Å². The van der Waals surface area contributed by atoms with Gasteiger partial charge < -0.3 is 14.3 Å². The van der Waals surface area contributed by atoms with Crippen LogP contribution in [0.25, 0.3) is 11.1 Å². The number of hydrogen-bond donors (Lipinski definition) is 1. The first-order valence-corrected chi connectivity index (χ1v) is 18.2. The van der Waals surface area contributed by atoms with Crippen molar-refractivity contribution in [1.82, 2.24) is 4.72 Å². The van der Waals surface area contributed by atoms with E-state index in [1.807, 2.05) is 53.7 Å². The number of carbonyl (C=O) groups excluding carboxylic acids is 1. The molecule has 0 spiro atoms. The Kier molecular flexibility index (Phi) is 19.5. The maximum atomic E-state index is 11.1. The predicted molar refractivity (Wildman–Crippen MR) is 202 cm³/mol. The number of oxime groups is 1. The quantitative estimate of drug-likeness (QED) is 0.196. The molecule has 0 bridgehead atoms. The molecule has 1 heterocycles. The molecule has 0 amide bonds. The van der Waals surface area contributed by atoms with Gasteiger partial charge in [-0.2, -0.15) is 0 Å². The van der Waals surface area contributed by atoms with Gasteiger partial charge in [-0.1, -0.05) is 117 Å². The molecule has 0 aromatic heterocycles. The van der Waals surface area contributed by atoms with E-state index >= 15 is 0 Å². The number of hydrogen-bond acceptors (Lipinski definition) is 7. The Morgan fingerprint density at radius 2 is 1.29 bits per heavy atom. The van der Waals surface area contributed by atoms with Crippen LogP contribution < -0.4 is 4.72 Å². The first-order chi connectivity index (χ1) is 21.4. The molecule has 2 aromatic carbocycles. The number of esters is 1. The summed E-state index contributed by atoms with van der Waals surface area (Å²) in [5.41, 5.74) is 6.21. The van der Waals surface area contributed by atoms with Gasteiger partial charge in [0.05, 0.1) is 24.4 Å². The van der Waals surface area contributed by atoms with E-state index in [0.29, 0.717) is 12.0 Å². The summed E-state index contributed by atoms with van der Waals surface area (Å²) in [6, 6.07) is 16.7. The molecule has 8 nitrogen and oxygen atoms in total. The molecule has 2 aliphatic carbocycles. The number of benzene rings is 2. The minimum atomic E-state index is -2.94. The third kappa shape index (κ3) is 15.2. The zero-order valence-electron chi connectivity index (χ0n) is 29.9. The van der Waals surface area contributed by atoms with Gasteiger partial charge in [0.25, 0.3) is 0 Å². The second kappa shape index (κ2) is 20.7. The lowest BCUT2D eigenvalue weighted by Crippen LogP contribution is -2.32. The van der Waals surface area contributed by atoms with Crippen LogP contribution in [-0.2, 0) is 29.1 Å². The molecule has 0 radical (unpaired) electrons. The number of nitrogens with zero attached hydrogens (tertiary/aromatic N) is 1. The van der Waals surface area contributed by atoms with Crippen molar-refractivity contribution in [3.8, 4) is 11.1 Å². The van der Waals surface area contributed by atoms with Gasteiger partial charge in [0, 0.05) is 23.6 Å². The fourth-order valence-corrected chi connectivity index (χ4v) is 5.57. The zero-order chi connectivity index (χ0) is 34.7. The highest BCUT2D eigenvalue weighted by Gasteiger charge is 2.35. The molecule has 9 heteroatoms. The van der Waals surface area contributed by atoms with Gasteiger partial charge in [0.15, 0.2) is 0 Å². The van der Waals surface area contributed by atoms with Crippen LogP contribution in [0, 0.1) is 17.3 Å². The van der Waals surface area contributed by atoms with Gasteiger partial charge >= 0.3 is 5.97 Å². The summed E-state index contributed by atoms with van der Waals surface area (Å²) in [7, 11) is -2.94. The number of rotatable bonds is 7. The highest BCUT2D eigenvalue weighted by Crippen LogP contribution is 2.36. The van der Waals surface area contributed by atoms with Crippen molar-refractivity contribution in [2.45, 2.75) is 134 Å². The normalized spacial score (nSPS) is 16.1. The molecular formula is C39H66N2O6S. The Bertz CT molecular complexity index is 1320. The van der Waals surface area contributed by atoms with Crippen molar-refractivity contribution in [1.29, 1.82) is 0 Å². The standard InChI is InChI=1S/C16H15NO.C8H14O3.C7H16.C6H13NO2S.2CH4/c1-11(2)18-17-16-14-9-5-3-7-12(14)13-8-4-6-10-15(13)16;1-6(2)8(9)11-7-3-4-10-5-7;1-6(2)7(3,4)5;1-5(2)7-10(8,9)6-3-4-6;;/h3-11H,1-2H3;6-7H,3-5H2,1-2H3;6H,1-5H3;5-7H,3-4H2,1-2H3;2*1H4/t;7-;;;;/m.1..../s1. The molecule has 274 valence electrons. The third-order valence-corrected chi connectivity index (χ3v) is 9.90. The van der Waals surface area contributed by atoms with Crippen LogP contribution in [0.5, 0.6) is 0 Å². The molecule has 2 fully saturated rings. The highest BCUT2D eigenvalue weighted by atomic mass is 32.2. The van der Waals surface area contributed by atoms with Crippen molar-refractivity contribution in [3.63, 3.8) is 0 Å². The van der Waals surface area contributed by atoms with Crippen molar-refractivity contribution >= 4 is 21.7 Å². The van der Waals surface area contributed by atoms with E-state index in [1.54, 1.807) is 0 Å². The van der Waals surface area contributed by atoms with E-state index in [9.17, 15) is 13.2 Å². The first kappa shape index (κ1) is 45.2. The van der Waals surface area contributed by atoms with Crippen LogP contribution >= 0.6 is 0 Å². The molecule has 0 unspecified atom stereocenters. The summed E-state index contributed by atoms with van der Waals surface area (Å²) in [5, 5.41) is 4.23. The average molecular weight is 691 g/mol. The van der Waals surface area contributed by atoms with Gasteiger partial charge in [-0.05, 0) is 63.0 Å². The highest BCUT2D eigenvalue weighted by molar-refractivity contribution is 7.90. The first-order valence-electron chi connectivity index (χ1n) is 16.7. The van der Waals surface area contributed by atoms with Gasteiger partial charge in [-0.25, -0.2) is 13.1 Å². The SMILES string of the molecule is C.C.CC(C)C(=O)O[C@@H]1CCOC1.CC(C)C(C)(C)C.CC(C)NS(=O)(=O)C1CC1.CC(C)ON=C1c2ccccc2-c2ccccc21. The fraction of sp³-hybridized carbons (Fsp3) is 0.641. The van der Waals surface area contributed by atoms with Gasteiger partial charge in [-0.3, -0.25) is 4.79 Å². The summed E-state index contributed by atoms with van der Waals surface area (Å²) in [6.07, 6.45) is 2.62. The number of ether oxygens (including phenoxy) is 2. The molecule has 1 aliphatic heterocycles. The van der Waals surface area contributed by atoms with Gasteiger partial charge in [0.2, 0.25) is 10.0 Å². The number of sulfonamides is 1. The van der Waals surface area contributed by atoms with Crippen LogP contribution in [0.3, 0.4) is 0 Å². The van der Waals surface area contributed by atoms with E-state index in [2.05, 4.69) is 80.9 Å². The maximum absolute atomic E-state index is 11.1. The summed E-state index contributed by atoms with van der Waals surface area (Å²) in [6.45, 7) is 23.9. The van der Waals surface area contributed by atoms with E-state index in [-0.39, 0.29) is 50.2 Å². The molecule has 1 saturated heterocycles. The number of fused-ring (bicyclic) bond motifs is 3. The van der Waals surface area contributed by atoms with Crippen molar-refractivity contribution < 1.29 is 27.5 Å². The van der Waals surface area contributed by atoms with Crippen LogP contribution in [0.1, 0.15) is 121 Å². The van der Waals surface area contributed by atoms with Crippen LogP contribution in [0.2, 0.25) is 0 Å². The van der Waals surface area contributed by atoms with Crippen molar-refractivity contribution in [2.75, 3.05) is 13.2 Å². The molecule has 2 aromatic rings. The third-order valence-electron chi connectivity index (χ3n) is 7.75. The molecule has 3 aliphatic rings. The molecule has 1 N–H and O–H groups in total. The Balaban J connectivity index is 0.000000646. The molecule has 5 rings (SSSR count). The van der Waals surface area contributed by atoms with Crippen LogP contribution in [0.15, 0.2) is 53.7 Å². The Hall–Kier alpha value is -2.75. The molecule has 48 heavy (non-hydrogen) atoms. The van der Waals surface area contributed by atoms with Gasteiger partial charge in [-0.15, -0.1) is 0 Å². The molecular weight excluding hydrogens is 625 g/mol. The topological polar surface area (TPSA) is 103 Å². The number of carbonyl (C=O) groups is 1. The Labute approximate surface area is 293 Å². The van der Waals surface area contributed by atoms with Crippen molar-refractivity contribution in [2.24, 2.45) is 22.4 Å². The lowest BCUT2D eigenvalue weighted by Gasteiger charge is -2.22. The lowest BCUT2D eigenvalue weighted by molar-refractivity contribution is -0.152. The molecule has 1 atom stereocenters. The Morgan fingerprint density at radius 1 is 0.833 bits per heavy atom. The lowest BCUT2D eigenvalue weighted by atomic mass is 9.84. The summed E-state index contributed by atoms with van der Waals surface area (Å²) in [4.78, 5) is 16.4. The monoisotopic (exact) mass is 690 g/mol. The van der Waals surface area contributed by atoms with Crippen LogP contribution in [0.4, 0.5) is 0 Å². The average Bonchev–Trinajstić information content (AvgIpc) is 3.63. The van der Waals surface area contributed by atoms with E-state index < -0.39 is 10.0 Å². The van der Waals surface area contributed by atoms with Crippen LogP contribution in [-0.4, -0.2) is 56.8 Å². The largest absolute Gasteiger partial charge is 0.460 e. The second-order valence-corrected chi connectivity index (χ2v) is 16.3. The minimum absolute atomic E-state index is 0. The molecule has 1 saturated carbocycles. The summed E-state index contributed by atoms with van der Waals surface area (Å²) in [5.74, 6) is 0.642. The second-order valence-electron chi connectivity index (χ2n) is 14.3. The zero-order valence-corrected chi connectivity index (χ0v) is 30.7. The number of nitrogens with one attached hydrogen (secondary N) is 1. The van der Waals surface area contributed by atoms with Gasteiger partial charge in [0.1, 0.15) is 17.9 Å². The van der Waals surface area contributed by atoms with Crippen molar-refractivity contribution in [3.05, 3.63) is 59.7 Å². The van der Waals surface area contributed by atoms with E-state index in [0.717, 1.165) is 48.6 Å². The minimum Gasteiger partial charge on any atom is -0.460 e. The Morgan fingerprint density at radius 3 is 1.62 bits per heavy atom.